The number of likely N-dealkylation sites (tertiary alicyclic amines) is 1. The van der Waals surface area contributed by atoms with E-state index in [1.54, 1.807) is 54.3 Å². The number of benzene rings is 1. The predicted molar refractivity (Wildman–Crippen MR) is 104 cm³/mol. The minimum atomic E-state index is -1.63. The van der Waals surface area contributed by atoms with Crippen molar-refractivity contribution in [3.8, 4) is 23.1 Å². The molecule has 3 heterocycles. The van der Waals surface area contributed by atoms with Crippen LogP contribution >= 0.6 is 0 Å². The number of ether oxygens (including phenoxy) is 1. The van der Waals surface area contributed by atoms with Crippen LogP contribution in [0.3, 0.4) is 0 Å². The number of methoxy groups -OCH3 is 1. The average molecular weight is 390 g/mol. The van der Waals surface area contributed by atoms with Gasteiger partial charge in [-0.05, 0) is 12.1 Å². The van der Waals surface area contributed by atoms with Crippen LogP contribution in [0.2, 0.25) is 0 Å². The van der Waals surface area contributed by atoms with Gasteiger partial charge in [-0.25, -0.2) is 14.8 Å². The quantitative estimate of drug-likeness (QED) is 0.520. The Hall–Kier alpha value is -3.70. The van der Waals surface area contributed by atoms with Crippen molar-refractivity contribution in [3.05, 3.63) is 54.1 Å². The van der Waals surface area contributed by atoms with Crippen LogP contribution in [-0.4, -0.2) is 62.6 Å². The van der Waals surface area contributed by atoms with Gasteiger partial charge in [0, 0.05) is 49.7 Å². The summed E-state index contributed by atoms with van der Waals surface area (Å²) in [4.78, 5) is 34.1. The number of carbonyl (C=O) groups excluding carboxylic acids is 2. The van der Waals surface area contributed by atoms with Crippen LogP contribution < -0.4 is 0 Å². The number of carbonyl (C=O) groups is 2. The minimum absolute atomic E-state index is 0.169. The van der Waals surface area contributed by atoms with Gasteiger partial charge < -0.3 is 19.1 Å². The molecule has 146 valence electrons. The van der Waals surface area contributed by atoms with Crippen molar-refractivity contribution in [2.45, 2.75) is 12.0 Å². The number of fused-ring (bicyclic) bond motifs is 1. The first kappa shape index (κ1) is 18.7. The van der Waals surface area contributed by atoms with Gasteiger partial charge in [-0.2, -0.15) is 0 Å². The maximum atomic E-state index is 12.0. The van der Waals surface area contributed by atoms with Gasteiger partial charge in [0.15, 0.2) is 11.3 Å². The molecule has 8 nitrogen and oxygen atoms in total. The van der Waals surface area contributed by atoms with Gasteiger partial charge in [0.2, 0.25) is 5.60 Å². The molecule has 0 spiro atoms. The topological polar surface area (TPSA) is 97.0 Å². The Morgan fingerprint density at radius 2 is 2.07 bits per heavy atom. The van der Waals surface area contributed by atoms with Gasteiger partial charge in [-0.15, -0.1) is 0 Å². The van der Waals surface area contributed by atoms with Gasteiger partial charge in [0.05, 0.1) is 7.11 Å². The van der Waals surface area contributed by atoms with Crippen LogP contribution in [-0.2, 0) is 9.53 Å². The average Bonchev–Trinajstić information content (AvgIpc) is 3.32. The Kier molecular flexibility index (Phi) is 4.53. The maximum absolute atomic E-state index is 12.0. The molecule has 1 amide bonds. The zero-order valence-electron chi connectivity index (χ0n) is 15.9. The fraction of sp³-hybridized carbons (Fsp3) is 0.238. The second-order valence-corrected chi connectivity index (χ2v) is 6.79. The number of aromatic nitrogens is 3. The fourth-order valence-electron chi connectivity index (χ4n) is 3.18. The van der Waals surface area contributed by atoms with E-state index in [0.717, 1.165) is 5.56 Å². The molecule has 0 saturated carbocycles. The first-order chi connectivity index (χ1) is 13.9. The van der Waals surface area contributed by atoms with E-state index in [1.807, 2.05) is 0 Å². The van der Waals surface area contributed by atoms with E-state index in [4.69, 9.17) is 4.74 Å². The molecule has 1 atom stereocenters. The maximum Gasteiger partial charge on any atom is 0.358 e. The first-order valence-electron chi connectivity index (χ1n) is 8.95. The number of hydrogen-bond donors (Lipinski definition) is 1. The Balaban J connectivity index is 1.67. The second-order valence-electron chi connectivity index (χ2n) is 6.79. The summed E-state index contributed by atoms with van der Waals surface area (Å²) in [5.41, 5.74) is 1.06. The van der Waals surface area contributed by atoms with Crippen LogP contribution in [0.5, 0.6) is 0 Å². The fourth-order valence-corrected chi connectivity index (χ4v) is 3.18. The number of hydrogen-bond acceptors (Lipinski definition) is 6. The number of aliphatic hydroxyl groups is 1. The molecule has 4 rings (SSSR count). The van der Waals surface area contributed by atoms with Crippen molar-refractivity contribution in [2.75, 3.05) is 20.7 Å². The smallest absolute Gasteiger partial charge is 0.358 e. The highest BCUT2D eigenvalue weighted by molar-refractivity contribution is 5.90. The molecule has 3 aromatic rings. The summed E-state index contributed by atoms with van der Waals surface area (Å²) in [5, 5.41) is 10.4. The second kappa shape index (κ2) is 7.04. The Labute approximate surface area is 166 Å². The normalized spacial score (nSPS) is 18.6. The molecule has 29 heavy (non-hydrogen) atoms. The molecular formula is C21H18N4O4. The van der Waals surface area contributed by atoms with E-state index in [2.05, 4.69) is 21.8 Å². The highest BCUT2D eigenvalue weighted by Crippen LogP contribution is 2.24. The van der Waals surface area contributed by atoms with Crippen molar-refractivity contribution >= 4 is 17.5 Å². The van der Waals surface area contributed by atoms with Crippen LogP contribution in [0.4, 0.5) is 0 Å². The first-order valence-corrected chi connectivity index (χ1v) is 8.95. The van der Waals surface area contributed by atoms with Crippen molar-refractivity contribution in [2.24, 2.45) is 0 Å². The van der Waals surface area contributed by atoms with E-state index < -0.39 is 11.6 Å². The lowest BCUT2D eigenvalue weighted by atomic mass is 10.0. The number of amides is 1. The molecule has 0 unspecified atom stereocenters. The summed E-state index contributed by atoms with van der Waals surface area (Å²) < 4.78 is 6.48. The molecule has 1 saturated heterocycles. The Morgan fingerprint density at radius 3 is 2.72 bits per heavy atom. The van der Waals surface area contributed by atoms with Gasteiger partial charge in [0.25, 0.3) is 5.91 Å². The van der Waals surface area contributed by atoms with E-state index in [1.165, 1.54) is 12.0 Å². The Morgan fingerprint density at radius 1 is 1.31 bits per heavy atom. The third-order valence-electron chi connectivity index (χ3n) is 4.85. The summed E-state index contributed by atoms with van der Waals surface area (Å²) >= 11 is 0. The van der Waals surface area contributed by atoms with E-state index >= 15 is 0 Å². The highest BCUT2D eigenvalue weighted by Gasteiger charge is 2.42. The number of nitrogens with zero attached hydrogens (tertiary/aromatic N) is 4. The molecule has 0 bridgehead atoms. The van der Waals surface area contributed by atoms with E-state index in [9.17, 15) is 14.7 Å². The van der Waals surface area contributed by atoms with Crippen LogP contribution in [0.15, 0.2) is 42.9 Å². The van der Waals surface area contributed by atoms with E-state index in [-0.39, 0.29) is 18.0 Å². The van der Waals surface area contributed by atoms with Gasteiger partial charge in [-0.1, -0.05) is 24.0 Å². The molecule has 1 aliphatic heterocycles. The van der Waals surface area contributed by atoms with Crippen LogP contribution in [0, 0.1) is 11.8 Å². The van der Waals surface area contributed by atoms with Crippen molar-refractivity contribution in [1.82, 2.24) is 19.3 Å². The third-order valence-corrected chi connectivity index (χ3v) is 4.85. The van der Waals surface area contributed by atoms with Gasteiger partial charge >= 0.3 is 5.97 Å². The molecular weight excluding hydrogens is 372 g/mol. The minimum Gasteiger partial charge on any atom is -0.464 e. The van der Waals surface area contributed by atoms with Crippen LogP contribution in [0.1, 0.15) is 22.5 Å². The van der Waals surface area contributed by atoms with Gasteiger partial charge in [0.1, 0.15) is 5.69 Å². The number of rotatable bonds is 2. The van der Waals surface area contributed by atoms with Crippen molar-refractivity contribution in [3.63, 3.8) is 0 Å². The zero-order chi connectivity index (χ0) is 20.6. The molecule has 0 aliphatic carbocycles. The lowest BCUT2D eigenvalue weighted by Crippen LogP contribution is -2.37. The summed E-state index contributed by atoms with van der Waals surface area (Å²) in [6, 6.07) is 7.13. The summed E-state index contributed by atoms with van der Waals surface area (Å²) in [6.45, 7) is 0.478. The largest absolute Gasteiger partial charge is 0.464 e. The summed E-state index contributed by atoms with van der Waals surface area (Å²) in [7, 11) is 2.94. The molecule has 0 radical (unpaired) electrons. The lowest BCUT2D eigenvalue weighted by molar-refractivity contribution is -0.137. The molecule has 1 fully saturated rings. The number of likely N-dealkylation sites (N-methyl/N-ethyl adjacent to an activating group) is 1. The highest BCUT2D eigenvalue weighted by atomic mass is 16.5. The molecule has 2 aromatic heterocycles. The SMILES string of the molecule is COC(=O)c1cn2ccnc2c(-c2ccc(C#C[C@]3(O)CCN(C)C3=O)cc2)n1. The van der Waals surface area contributed by atoms with E-state index in [0.29, 0.717) is 23.4 Å². The van der Waals surface area contributed by atoms with Crippen molar-refractivity contribution in [1.29, 1.82) is 0 Å². The number of imidazole rings is 1. The third kappa shape index (κ3) is 3.32. The molecule has 1 aliphatic rings. The predicted octanol–water partition coefficient (Wildman–Crippen LogP) is 1.13. The number of esters is 1. The Bertz CT molecular complexity index is 1170. The monoisotopic (exact) mass is 390 g/mol. The van der Waals surface area contributed by atoms with Crippen molar-refractivity contribution < 1.29 is 19.4 Å². The van der Waals surface area contributed by atoms with Crippen LogP contribution in [0.25, 0.3) is 16.9 Å². The summed E-state index contributed by atoms with van der Waals surface area (Å²) in [6.07, 6.45) is 5.20. The lowest BCUT2D eigenvalue weighted by Gasteiger charge is -2.13. The standard InChI is InChI=1S/C21H18N4O4/c1-24-11-9-21(28,20(24)27)8-7-14-3-5-15(6-4-14)17-18-22-10-12-25(18)13-16(23-17)19(26)29-2/h3-6,10,12-13,28H,9,11H2,1-2H3/t21-/m0/s1. The molecule has 8 heteroatoms. The summed E-state index contributed by atoms with van der Waals surface area (Å²) in [5.74, 6) is 4.64. The molecule has 1 N–H and O–H groups in total. The zero-order valence-corrected chi connectivity index (χ0v) is 15.9. The molecule has 1 aromatic carbocycles. The van der Waals surface area contributed by atoms with Gasteiger partial charge in [-0.3, -0.25) is 4.79 Å².